The van der Waals surface area contributed by atoms with Crippen LogP contribution < -0.4 is 5.48 Å². The molecule has 0 aromatic heterocycles. The van der Waals surface area contributed by atoms with Gasteiger partial charge in [0, 0.05) is 18.7 Å². The minimum atomic E-state index is -0.516. The number of hydrogen-bond donors (Lipinski definition) is 2. The number of hydrogen-bond acceptors (Lipinski definition) is 3. The Morgan fingerprint density at radius 2 is 2.00 bits per heavy atom. The van der Waals surface area contributed by atoms with Crippen LogP contribution in [-0.4, -0.2) is 28.5 Å². The molecule has 2 N–H and O–H groups in total. The first-order valence-corrected chi connectivity index (χ1v) is 8.94. The van der Waals surface area contributed by atoms with Crippen LogP contribution in [0.25, 0.3) is 0 Å². The summed E-state index contributed by atoms with van der Waals surface area (Å²) in [5.74, 6) is -0.380. The number of aryl methyl sites for hydroxylation is 2. The predicted molar refractivity (Wildman–Crippen MR) is 99.1 cm³/mol. The second-order valence-corrected chi connectivity index (χ2v) is 6.73. The van der Waals surface area contributed by atoms with Gasteiger partial charge in [-0.1, -0.05) is 31.2 Å². The van der Waals surface area contributed by atoms with Crippen LogP contribution in [0.5, 0.6) is 0 Å². The standard InChI is InChI=1S/C21H24N2O3/c1-3-15-6-4-5-14(2)19(15)12-20(24)23-10-9-16-11-17(21(25)22-26)7-8-18(16)13-23/h4-8,11,26H,3,9-10,12-13H2,1-2H3,(H,22,25). The summed E-state index contributed by atoms with van der Waals surface area (Å²) in [5.41, 5.74) is 7.73. The lowest BCUT2D eigenvalue weighted by Crippen LogP contribution is -2.37. The molecule has 5 nitrogen and oxygen atoms in total. The van der Waals surface area contributed by atoms with Gasteiger partial charge in [0.1, 0.15) is 0 Å². The number of carbonyl (C=O) groups excluding carboxylic acids is 2. The molecular formula is C21H24N2O3. The molecule has 0 saturated carbocycles. The van der Waals surface area contributed by atoms with Crippen molar-refractivity contribution in [1.82, 2.24) is 10.4 Å². The van der Waals surface area contributed by atoms with E-state index in [-0.39, 0.29) is 5.91 Å². The molecule has 0 saturated heterocycles. The summed E-state index contributed by atoms with van der Waals surface area (Å²) in [6.45, 7) is 5.37. The summed E-state index contributed by atoms with van der Waals surface area (Å²) >= 11 is 0. The summed E-state index contributed by atoms with van der Waals surface area (Å²) < 4.78 is 0. The van der Waals surface area contributed by atoms with Gasteiger partial charge in [0.2, 0.25) is 5.91 Å². The first-order chi connectivity index (χ1) is 12.5. The number of amides is 2. The molecule has 1 aliphatic heterocycles. The number of fused-ring (bicyclic) bond motifs is 1. The van der Waals surface area contributed by atoms with Gasteiger partial charge in [-0.25, -0.2) is 5.48 Å². The maximum Gasteiger partial charge on any atom is 0.274 e. The summed E-state index contributed by atoms with van der Waals surface area (Å²) in [4.78, 5) is 26.3. The zero-order chi connectivity index (χ0) is 18.7. The van der Waals surface area contributed by atoms with Crippen molar-refractivity contribution >= 4 is 11.8 Å². The van der Waals surface area contributed by atoms with E-state index in [1.165, 1.54) is 5.56 Å². The van der Waals surface area contributed by atoms with Gasteiger partial charge < -0.3 is 4.90 Å². The fraction of sp³-hybridized carbons (Fsp3) is 0.333. The summed E-state index contributed by atoms with van der Waals surface area (Å²) in [6, 6.07) is 11.5. The first kappa shape index (κ1) is 18.1. The van der Waals surface area contributed by atoms with Crippen LogP contribution >= 0.6 is 0 Å². The fourth-order valence-electron chi connectivity index (χ4n) is 3.58. The van der Waals surface area contributed by atoms with Crippen molar-refractivity contribution in [3.63, 3.8) is 0 Å². The van der Waals surface area contributed by atoms with E-state index in [2.05, 4.69) is 26.0 Å². The van der Waals surface area contributed by atoms with E-state index in [0.717, 1.165) is 28.7 Å². The lowest BCUT2D eigenvalue weighted by Gasteiger charge is -2.29. The number of rotatable bonds is 4. The summed E-state index contributed by atoms with van der Waals surface area (Å²) in [5, 5.41) is 8.76. The molecule has 0 atom stereocenters. The Morgan fingerprint density at radius 1 is 1.19 bits per heavy atom. The highest BCUT2D eigenvalue weighted by molar-refractivity contribution is 5.93. The van der Waals surface area contributed by atoms with Gasteiger partial charge in [-0.15, -0.1) is 0 Å². The second kappa shape index (κ2) is 7.70. The minimum absolute atomic E-state index is 0.136. The van der Waals surface area contributed by atoms with Crippen molar-refractivity contribution in [1.29, 1.82) is 0 Å². The van der Waals surface area contributed by atoms with Crippen molar-refractivity contribution in [2.24, 2.45) is 0 Å². The van der Waals surface area contributed by atoms with Crippen LogP contribution in [0.2, 0.25) is 0 Å². The topological polar surface area (TPSA) is 69.6 Å². The van der Waals surface area contributed by atoms with Gasteiger partial charge in [0.25, 0.3) is 5.91 Å². The van der Waals surface area contributed by atoms with Crippen molar-refractivity contribution in [3.8, 4) is 0 Å². The number of nitrogens with one attached hydrogen (secondary N) is 1. The Bertz CT molecular complexity index is 845. The zero-order valence-electron chi connectivity index (χ0n) is 15.2. The van der Waals surface area contributed by atoms with Crippen LogP contribution in [0.15, 0.2) is 36.4 Å². The molecular weight excluding hydrogens is 328 g/mol. The van der Waals surface area contributed by atoms with Gasteiger partial charge in [-0.05, 0) is 59.7 Å². The van der Waals surface area contributed by atoms with Gasteiger partial charge in [0.05, 0.1) is 6.42 Å². The molecule has 0 radical (unpaired) electrons. The number of nitrogens with zero attached hydrogens (tertiary/aromatic N) is 1. The maximum atomic E-state index is 12.8. The van der Waals surface area contributed by atoms with E-state index in [4.69, 9.17) is 5.21 Å². The van der Waals surface area contributed by atoms with Crippen LogP contribution in [0.4, 0.5) is 0 Å². The normalized spacial score (nSPS) is 13.3. The molecule has 26 heavy (non-hydrogen) atoms. The molecule has 5 heteroatoms. The molecule has 0 fully saturated rings. The van der Waals surface area contributed by atoms with Crippen molar-refractivity contribution in [3.05, 3.63) is 69.8 Å². The van der Waals surface area contributed by atoms with E-state index >= 15 is 0 Å². The summed E-state index contributed by atoms with van der Waals surface area (Å²) in [6.07, 6.45) is 2.06. The Hall–Kier alpha value is -2.66. The minimum Gasteiger partial charge on any atom is -0.338 e. The quantitative estimate of drug-likeness (QED) is 0.657. The Kier molecular flexibility index (Phi) is 5.38. The van der Waals surface area contributed by atoms with Crippen molar-refractivity contribution in [2.45, 2.75) is 39.7 Å². The predicted octanol–water partition coefficient (Wildman–Crippen LogP) is 2.80. The van der Waals surface area contributed by atoms with Crippen molar-refractivity contribution in [2.75, 3.05) is 6.54 Å². The van der Waals surface area contributed by atoms with Gasteiger partial charge in [-0.3, -0.25) is 14.8 Å². The third-order valence-corrected chi connectivity index (χ3v) is 5.15. The van der Waals surface area contributed by atoms with Crippen LogP contribution in [0, 0.1) is 6.92 Å². The maximum absolute atomic E-state index is 12.8. The lowest BCUT2D eigenvalue weighted by atomic mass is 9.94. The Balaban J connectivity index is 1.75. The van der Waals surface area contributed by atoms with Gasteiger partial charge in [-0.2, -0.15) is 0 Å². The second-order valence-electron chi connectivity index (χ2n) is 6.73. The van der Waals surface area contributed by atoms with E-state index in [9.17, 15) is 9.59 Å². The van der Waals surface area contributed by atoms with Crippen LogP contribution in [0.3, 0.4) is 0 Å². The van der Waals surface area contributed by atoms with E-state index in [0.29, 0.717) is 31.5 Å². The smallest absolute Gasteiger partial charge is 0.274 e. The highest BCUT2D eigenvalue weighted by Crippen LogP contribution is 2.23. The molecule has 0 bridgehead atoms. The fourth-order valence-corrected chi connectivity index (χ4v) is 3.58. The molecule has 2 amide bonds. The molecule has 3 rings (SSSR count). The van der Waals surface area contributed by atoms with Crippen molar-refractivity contribution < 1.29 is 14.8 Å². The van der Waals surface area contributed by atoms with E-state index in [1.807, 2.05) is 17.0 Å². The zero-order valence-corrected chi connectivity index (χ0v) is 15.2. The molecule has 1 aliphatic rings. The first-order valence-electron chi connectivity index (χ1n) is 8.94. The highest BCUT2D eigenvalue weighted by atomic mass is 16.5. The molecule has 0 aliphatic carbocycles. The third-order valence-electron chi connectivity index (χ3n) is 5.15. The monoisotopic (exact) mass is 352 g/mol. The molecule has 0 spiro atoms. The molecule has 2 aromatic rings. The largest absolute Gasteiger partial charge is 0.338 e. The molecule has 2 aromatic carbocycles. The molecule has 136 valence electrons. The lowest BCUT2D eigenvalue weighted by molar-refractivity contribution is -0.131. The number of hydroxylamine groups is 1. The molecule has 0 unspecified atom stereocenters. The average Bonchev–Trinajstić information content (AvgIpc) is 2.67. The van der Waals surface area contributed by atoms with Gasteiger partial charge in [0.15, 0.2) is 0 Å². The Morgan fingerprint density at radius 3 is 2.73 bits per heavy atom. The van der Waals surface area contributed by atoms with E-state index in [1.54, 1.807) is 17.6 Å². The molecule has 1 heterocycles. The number of benzene rings is 2. The average molecular weight is 352 g/mol. The van der Waals surface area contributed by atoms with Crippen LogP contribution in [0.1, 0.15) is 45.1 Å². The highest BCUT2D eigenvalue weighted by Gasteiger charge is 2.22. The SMILES string of the molecule is CCc1cccc(C)c1CC(=O)N1CCc2cc(C(=O)NO)ccc2C1. The third kappa shape index (κ3) is 3.63. The van der Waals surface area contributed by atoms with E-state index < -0.39 is 5.91 Å². The van der Waals surface area contributed by atoms with Crippen LogP contribution in [-0.2, 0) is 30.6 Å². The number of carbonyl (C=O) groups is 2. The van der Waals surface area contributed by atoms with Gasteiger partial charge >= 0.3 is 0 Å². The summed E-state index contributed by atoms with van der Waals surface area (Å²) in [7, 11) is 0. The Labute approximate surface area is 153 Å².